The van der Waals surface area contributed by atoms with E-state index in [-0.39, 0.29) is 18.0 Å². The van der Waals surface area contributed by atoms with Crippen LogP contribution in [0.5, 0.6) is 0 Å². The van der Waals surface area contributed by atoms with Crippen molar-refractivity contribution in [1.29, 1.82) is 0 Å². The summed E-state index contributed by atoms with van der Waals surface area (Å²) in [5, 5.41) is 3.73. The molecule has 1 heterocycles. The van der Waals surface area contributed by atoms with Gasteiger partial charge in [0.25, 0.3) is 0 Å². The molecule has 3 heteroatoms. The van der Waals surface area contributed by atoms with Gasteiger partial charge in [-0.2, -0.15) is 0 Å². The minimum Gasteiger partial charge on any atom is -0.372 e. The van der Waals surface area contributed by atoms with E-state index in [1.54, 1.807) is 0 Å². The molecule has 0 spiro atoms. The van der Waals surface area contributed by atoms with E-state index in [1.807, 2.05) is 12.1 Å². The van der Waals surface area contributed by atoms with Crippen LogP contribution in [0.25, 0.3) is 0 Å². The van der Waals surface area contributed by atoms with Crippen LogP contribution in [0, 0.1) is 11.7 Å². The molecular formula is C16H22FNO. The maximum atomic E-state index is 13.0. The van der Waals surface area contributed by atoms with E-state index in [9.17, 15) is 4.39 Å². The fraction of sp³-hybridized carbons (Fsp3) is 0.625. The Balaban J connectivity index is 1.77. The molecule has 3 rings (SSSR count). The topological polar surface area (TPSA) is 21.3 Å². The van der Waals surface area contributed by atoms with Crippen LogP contribution in [0.15, 0.2) is 24.3 Å². The largest absolute Gasteiger partial charge is 0.372 e. The number of hydrogen-bond donors (Lipinski definition) is 1. The van der Waals surface area contributed by atoms with E-state index in [1.165, 1.54) is 37.8 Å². The van der Waals surface area contributed by atoms with E-state index >= 15 is 0 Å². The fourth-order valence-corrected chi connectivity index (χ4v) is 3.46. The first-order valence-electron chi connectivity index (χ1n) is 7.37. The summed E-state index contributed by atoms with van der Waals surface area (Å²) in [7, 11) is 0. The number of rotatable bonds is 1. The maximum Gasteiger partial charge on any atom is 0.123 e. The maximum absolute atomic E-state index is 13.0. The number of fused-ring (bicyclic) bond motifs is 1. The Morgan fingerprint density at radius 3 is 2.68 bits per heavy atom. The van der Waals surface area contributed by atoms with Gasteiger partial charge in [0.2, 0.25) is 0 Å². The van der Waals surface area contributed by atoms with Gasteiger partial charge in [0, 0.05) is 12.1 Å². The van der Waals surface area contributed by atoms with Crippen molar-refractivity contribution in [2.45, 2.75) is 50.8 Å². The van der Waals surface area contributed by atoms with Crippen LogP contribution in [0.4, 0.5) is 4.39 Å². The van der Waals surface area contributed by atoms with Crippen LogP contribution in [-0.2, 0) is 4.74 Å². The van der Waals surface area contributed by atoms with Gasteiger partial charge in [-0.25, -0.2) is 4.39 Å². The molecule has 1 aromatic rings. The molecule has 1 saturated carbocycles. The zero-order chi connectivity index (χ0) is 13.2. The highest BCUT2D eigenvalue weighted by atomic mass is 19.1. The number of halogens is 1. The van der Waals surface area contributed by atoms with E-state index in [2.05, 4.69) is 12.2 Å². The summed E-state index contributed by atoms with van der Waals surface area (Å²) < 4.78 is 19.1. The molecule has 0 aromatic heterocycles. The van der Waals surface area contributed by atoms with Gasteiger partial charge < -0.3 is 10.1 Å². The van der Waals surface area contributed by atoms with Gasteiger partial charge in [0.15, 0.2) is 0 Å². The van der Waals surface area contributed by atoms with Gasteiger partial charge in [-0.05, 0) is 43.4 Å². The Morgan fingerprint density at radius 2 is 1.89 bits per heavy atom. The summed E-state index contributed by atoms with van der Waals surface area (Å²) in [5.41, 5.74) is 1.07. The summed E-state index contributed by atoms with van der Waals surface area (Å²) in [6.07, 6.45) is 5.20. The summed E-state index contributed by atoms with van der Waals surface area (Å²) in [5.74, 6) is 0.452. The first-order chi connectivity index (χ1) is 9.24. The summed E-state index contributed by atoms with van der Waals surface area (Å²) in [6, 6.07) is 7.58. The van der Waals surface area contributed by atoms with E-state index in [4.69, 9.17) is 4.74 Å². The average molecular weight is 263 g/mol. The lowest BCUT2D eigenvalue weighted by Gasteiger charge is -2.30. The van der Waals surface area contributed by atoms with Crippen LogP contribution in [-0.4, -0.2) is 18.7 Å². The lowest BCUT2D eigenvalue weighted by Crippen LogP contribution is -2.43. The second-order valence-corrected chi connectivity index (χ2v) is 5.91. The smallest absolute Gasteiger partial charge is 0.123 e. The molecule has 2 aliphatic rings. The Morgan fingerprint density at radius 1 is 1.16 bits per heavy atom. The molecule has 4 atom stereocenters. The van der Waals surface area contributed by atoms with Gasteiger partial charge in [-0.15, -0.1) is 0 Å². The van der Waals surface area contributed by atoms with Crippen molar-refractivity contribution in [2.75, 3.05) is 6.61 Å². The van der Waals surface area contributed by atoms with Crippen molar-refractivity contribution >= 4 is 0 Å². The van der Waals surface area contributed by atoms with Crippen LogP contribution in [0.1, 0.15) is 44.3 Å². The molecule has 1 N–H and O–H groups in total. The Kier molecular flexibility index (Phi) is 3.85. The number of nitrogens with one attached hydrogen (secondary N) is 1. The zero-order valence-electron chi connectivity index (χ0n) is 11.4. The van der Waals surface area contributed by atoms with Crippen LogP contribution < -0.4 is 5.32 Å². The molecule has 1 aliphatic carbocycles. The van der Waals surface area contributed by atoms with Crippen LogP contribution in [0.2, 0.25) is 0 Å². The van der Waals surface area contributed by atoms with E-state index < -0.39 is 0 Å². The second kappa shape index (κ2) is 5.59. The number of hydrogen-bond acceptors (Lipinski definition) is 2. The predicted molar refractivity (Wildman–Crippen MR) is 73.4 cm³/mol. The molecule has 4 unspecified atom stereocenters. The number of ether oxygens (including phenoxy) is 1. The molecule has 1 aliphatic heterocycles. The highest BCUT2D eigenvalue weighted by Gasteiger charge is 2.33. The van der Waals surface area contributed by atoms with Crippen molar-refractivity contribution in [2.24, 2.45) is 5.92 Å². The molecule has 104 valence electrons. The SMILES string of the molecule is CC1NC2CCCCC2COC1c1ccc(F)cc1. The van der Waals surface area contributed by atoms with Gasteiger partial charge in [0.1, 0.15) is 5.82 Å². The van der Waals surface area contributed by atoms with Crippen molar-refractivity contribution in [3.05, 3.63) is 35.6 Å². The van der Waals surface area contributed by atoms with Gasteiger partial charge >= 0.3 is 0 Å². The lowest BCUT2D eigenvalue weighted by molar-refractivity contribution is 0.0263. The van der Waals surface area contributed by atoms with E-state index in [0.29, 0.717) is 12.0 Å². The molecule has 2 fully saturated rings. The molecule has 0 amide bonds. The van der Waals surface area contributed by atoms with Crippen LogP contribution in [0.3, 0.4) is 0 Å². The summed E-state index contributed by atoms with van der Waals surface area (Å²) in [4.78, 5) is 0. The normalized spacial score (nSPS) is 35.5. The quantitative estimate of drug-likeness (QED) is 0.838. The van der Waals surface area contributed by atoms with Crippen molar-refractivity contribution in [3.8, 4) is 0 Å². The minimum absolute atomic E-state index is 0.0335. The Labute approximate surface area is 114 Å². The number of benzene rings is 1. The van der Waals surface area contributed by atoms with Crippen LogP contribution >= 0.6 is 0 Å². The predicted octanol–water partition coefficient (Wildman–Crippen LogP) is 3.43. The zero-order valence-corrected chi connectivity index (χ0v) is 11.4. The van der Waals surface area contributed by atoms with Crippen molar-refractivity contribution < 1.29 is 9.13 Å². The lowest BCUT2D eigenvalue weighted by atomic mass is 9.85. The first-order valence-corrected chi connectivity index (χ1v) is 7.37. The highest BCUT2D eigenvalue weighted by molar-refractivity contribution is 5.20. The molecule has 0 bridgehead atoms. The Bertz CT molecular complexity index is 419. The molecular weight excluding hydrogens is 241 g/mol. The van der Waals surface area contributed by atoms with Crippen molar-refractivity contribution in [3.63, 3.8) is 0 Å². The molecule has 2 nitrogen and oxygen atoms in total. The van der Waals surface area contributed by atoms with Gasteiger partial charge in [-0.1, -0.05) is 25.0 Å². The fourth-order valence-electron chi connectivity index (χ4n) is 3.46. The summed E-state index contributed by atoms with van der Waals surface area (Å²) >= 11 is 0. The highest BCUT2D eigenvalue weighted by Crippen LogP contribution is 2.32. The Hall–Kier alpha value is -0.930. The summed E-state index contributed by atoms with van der Waals surface area (Å²) in [6.45, 7) is 3.00. The second-order valence-electron chi connectivity index (χ2n) is 5.91. The third-order valence-corrected chi connectivity index (χ3v) is 4.53. The first kappa shape index (κ1) is 13.1. The third-order valence-electron chi connectivity index (χ3n) is 4.53. The standard InChI is InChI=1S/C16H22FNO/c1-11-16(12-6-8-14(17)9-7-12)19-10-13-4-2-3-5-15(13)18-11/h6-9,11,13,15-16,18H,2-5,10H2,1H3. The van der Waals surface area contributed by atoms with Gasteiger partial charge in [0.05, 0.1) is 12.7 Å². The molecule has 1 saturated heterocycles. The molecule has 0 radical (unpaired) electrons. The average Bonchev–Trinajstić information content (AvgIpc) is 2.58. The molecule has 19 heavy (non-hydrogen) atoms. The third kappa shape index (κ3) is 2.82. The molecule has 1 aromatic carbocycles. The van der Waals surface area contributed by atoms with E-state index in [0.717, 1.165) is 12.2 Å². The minimum atomic E-state index is -0.188. The van der Waals surface area contributed by atoms with Gasteiger partial charge in [-0.3, -0.25) is 0 Å². The van der Waals surface area contributed by atoms with Crippen molar-refractivity contribution in [1.82, 2.24) is 5.32 Å². The monoisotopic (exact) mass is 263 g/mol.